The van der Waals surface area contributed by atoms with Crippen molar-refractivity contribution in [2.24, 2.45) is 4.99 Å². The van der Waals surface area contributed by atoms with Gasteiger partial charge in [-0.2, -0.15) is 0 Å². The van der Waals surface area contributed by atoms with E-state index in [1.165, 1.54) is 0 Å². The second-order valence-electron chi connectivity index (χ2n) is 7.28. The highest BCUT2D eigenvalue weighted by Crippen LogP contribution is 2.17. The number of likely N-dealkylation sites (tertiary alicyclic amines) is 1. The first-order chi connectivity index (χ1) is 11.2. The molecule has 0 aromatic rings. The van der Waals surface area contributed by atoms with E-state index in [2.05, 4.69) is 34.0 Å². The predicted molar refractivity (Wildman–Crippen MR) is 102 cm³/mol. The third-order valence-corrected chi connectivity index (χ3v) is 7.27. The Morgan fingerprint density at radius 2 is 1.88 bits per heavy atom. The summed E-state index contributed by atoms with van der Waals surface area (Å²) in [6, 6.07) is 0.558. The molecule has 0 radical (unpaired) electrons. The number of hydrogen-bond acceptors (Lipinski definition) is 4. The van der Waals surface area contributed by atoms with E-state index in [0.29, 0.717) is 12.6 Å². The molecule has 1 N–H and O–H groups in total. The van der Waals surface area contributed by atoms with Gasteiger partial charge in [0.1, 0.15) is 0 Å². The molecule has 0 saturated carbocycles. The molecule has 0 bridgehead atoms. The van der Waals surface area contributed by atoms with Crippen LogP contribution in [0.15, 0.2) is 4.99 Å². The first-order valence-electron chi connectivity index (χ1n) is 9.15. The van der Waals surface area contributed by atoms with Gasteiger partial charge in [0.2, 0.25) is 0 Å². The van der Waals surface area contributed by atoms with Gasteiger partial charge in [-0.3, -0.25) is 9.89 Å². The van der Waals surface area contributed by atoms with Gasteiger partial charge in [0.25, 0.3) is 0 Å². The van der Waals surface area contributed by atoms with E-state index in [1.54, 1.807) is 20.8 Å². The number of hydrogen-bond donors (Lipinski definition) is 1. The summed E-state index contributed by atoms with van der Waals surface area (Å²) in [6.45, 7) is 16.8. The zero-order chi connectivity index (χ0) is 18.4. The van der Waals surface area contributed by atoms with E-state index in [1.807, 2.05) is 6.92 Å². The maximum Gasteiger partial charge on any atom is 0.193 e. The minimum Gasteiger partial charge on any atom is -0.357 e. The van der Waals surface area contributed by atoms with Gasteiger partial charge < -0.3 is 10.2 Å². The third-order valence-electron chi connectivity index (χ3n) is 4.68. The topological polar surface area (TPSA) is 65.0 Å². The summed E-state index contributed by atoms with van der Waals surface area (Å²) >= 11 is 0. The quantitative estimate of drug-likeness (QED) is 0.552. The predicted octanol–water partition coefficient (Wildman–Crippen LogP) is 1.58. The number of guanidine groups is 1. The molecule has 142 valence electrons. The van der Waals surface area contributed by atoms with Gasteiger partial charge in [0.05, 0.1) is 17.0 Å². The number of nitrogens with one attached hydrogen (secondary N) is 1. The molecule has 0 amide bonds. The molecule has 1 fully saturated rings. The minimum atomic E-state index is -3.13. The van der Waals surface area contributed by atoms with E-state index in [4.69, 9.17) is 0 Å². The normalized spacial score (nSPS) is 20.0. The summed E-state index contributed by atoms with van der Waals surface area (Å²) in [5.41, 5.74) is 0. The van der Waals surface area contributed by atoms with Crippen molar-refractivity contribution < 1.29 is 8.42 Å². The van der Waals surface area contributed by atoms with Crippen LogP contribution in [-0.4, -0.2) is 80.0 Å². The largest absolute Gasteiger partial charge is 0.357 e. The summed E-state index contributed by atoms with van der Waals surface area (Å²) in [5.74, 6) is 0.940. The lowest BCUT2D eigenvalue weighted by atomic mass is 10.2. The van der Waals surface area contributed by atoms with E-state index < -0.39 is 14.6 Å². The third kappa shape index (κ3) is 5.62. The molecular weight excluding hydrogens is 324 g/mol. The van der Waals surface area contributed by atoms with Gasteiger partial charge in [-0.1, -0.05) is 13.8 Å². The first-order valence-corrected chi connectivity index (χ1v) is 10.8. The monoisotopic (exact) mass is 360 g/mol. The molecule has 1 unspecified atom stereocenters. The lowest BCUT2D eigenvalue weighted by Crippen LogP contribution is -2.43. The van der Waals surface area contributed by atoms with E-state index in [0.717, 1.165) is 45.1 Å². The molecule has 0 spiro atoms. The molecule has 1 saturated heterocycles. The van der Waals surface area contributed by atoms with Gasteiger partial charge >= 0.3 is 0 Å². The molecule has 1 heterocycles. The van der Waals surface area contributed by atoms with E-state index in [9.17, 15) is 8.42 Å². The summed E-state index contributed by atoms with van der Waals surface area (Å²) in [5, 5.41) is 3.31. The summed E-state index contributed by atoms with van der Waals surface area (Å²) in [7, 11) is -3.13. The molecule has 1 rings (SSSR count). The maximum atomic E-state index is 12.2. The second kappa shape index (κ2) is 9.04. The summed E-state index contributed by atoms with van der Waals surface area (Å²) in [4.78, 5) is 9.31. The molecule has 1 atom stereocenters. The van der Waals surface area contributed by atoms with Crippen LogP contribution in [0.4, 0.5) is 0 Å². The van der Waals surface area contributed by atoms with Crippen LogP contribution in [0, 0.1) is 0 Å². The van der Waals surface area contributed by atoms with Crippen LogP contribution >= 0.6 is 0 Å². The lowest BCUT2D eigenvalue weighted by Gasteiger charge is -2.27. The SMILES string of the molecule is CCNC(=NCCS(=O)(=O)C(C)(C)C)N1CCC(N(CC)CC)C1. The minimum absolute atomic E-state index is 0.0959. The molecular formula is C17H36N4O2S. The number of nitrogens with zero attached hydrogens (tertiary/aromatic N) is 3. The Labute approximate surface area is 148 Å². The lowest BCUT2D eigenvalue weighted by molar-refractivity contribution is 0.223. The second-order valence-corrected chi connectivity index (χ2v) is 10.1. The Morgan fingerprint density at radius 3 is 2.38 bits per heavy atom. The molecule has 6 nitrogen and oxygen atoms in total. The van der Waals surface area contributed by atoms with Crippen LogP contribution in [0.2, 0.25) is 0 Å². The highest BCUT2D eigenvalue weighted by Gasteiger charge is 2.30. The van der Waals surface area contributed by atoms with Crippen LogP contribution in [0.25, 0.3) is 0 Å². The van der Waals surface area contributed by atoms with Crippen molar-refractivity contribution in [2.45, 2.75) is 58.8 Å². The fourth-order valence-electron chi connectivity index (χ4n) is 2.98. The number of likely N-dealkylation sites (N-methyl/N-ethyl adjacent to an activating group) is 1. The average Bonchev–Trinajstić information content (AvgIpc) is 2.96. The van der Waals surface area contributed by atoms with Crippen LogP contribution in [0.1, 0.15) is 48.0 Å². The molecule has 0 aliphatic carbocycles. The zero-order valence-electron chi connectivity index (χ0n) is 16.3. The maximum absolute atomic E-state index is 12.2. The van der Waals surface area contributed by atoms with E-state index in [-0.39, 0.29) is 5.75 Å². The van der Waals surface area contributed by atoms with Gasteiger partial charge in [0.15, 0.2) is 15.8 Å². The highest BCUT2D eigenvalue weighted by molar-refractivity contribution is 7.92. The fraction of sp³-hybridized carbons (Fsp3) is 0.941. The number of aliphatic imine (C=N–C) groups is 1. The Kier molecular flexibility index (Phi) is 7.99. The summed E-state index contributed by atoms with van der Waals surface area (Å²) in [6.07, 6.45) is 1.13. The van der Waals surface area contributed by atoms with Crippen molar-refractivity contribution in [1.82, 2.24) is 15.1 Å². The Balaban J connectivity index is 2.71. The van der Waals surface area contributed by atoms with Crippen molar-refractivity contribution in [2.75, 3.05) is 45.0 Å². The molecule has 24 heavy (non-hydrogen) atoms. The first kappa shape index (κ1) is 21.2. The number of sulfone groups is 1. The van der Waals surface area contributed by atoms with Crippen LogP contribution < -0.4 is 5.32 Å². The van der Waals surface area contributed by atoms with Crippen molar-refractivity contribution in [3.8, 4) is 0 Å². The summed E-state index contributed by atoms with van der Waals surface area (Å²) < 4.78 is 23.7. The van der Waals surface area contributed by atoms with Gasteiger partial charge in [0, 0.05) is 25.7 Å². The van der Waals surface area contributed by atoms with Gasteiger partial charge in [-0.25, -0.2) is 8.42 Å². The molecule has 1 aliphatic rings. The van der Waals surface area contributed by atoms with Crippen molar-refractivity contribution in [3.63, 3.8) is 0 Å². The standard InChI is InChI=1S/C17H36N4O2S/c1-7-18-16(19-11-13-24(22,23)17(4,5)6)21-12-10-15(14-21)20(8-2)9-3/h15H,7-14H2,1-6H3,(H,18,19). The van der Waals surface area contributed by atoms with Gasteiger partial charge in [-0.15, -0.1) is 0 Å². The Hall–Kier alpha value is -0.820. The smallest absolute Gasteiger partial charge is 0.193 e. The Bertz CT molecular complexity index is 507. The van der Waals surface area contributed by atoms with Crippen LogP contribution in [-0.2, 0) is 9.84 Å². The molecule has 7 heteroatoms. The van der Waals surface area contributed by atoms with Crippen molar-refractivity contribution in [3.05, 3.63) is 0 Å². The van der Waals surface area contributed by atoms with Crippen molar-refractivity contribution >= 4 is 15.8 Å². The zero-order valence-corrected chi connectivity index (χ0v) is 17.1. The van der Waals surface area contributed by atoms with Crippen LogP contribution in [0.5, 0.6) is 0 Å². The van der Waals surface area contributed by atoms with Gasteiger partial charge in [-0.05, 0) is 47.2 Å². The molecule has 0 aromatic carbocycles. The highest BCUT2D eigenvalue weighted by atomic mass is 32.2. The average molecular weight is 361 g/mol. The fourth-order valence-corrected chi connectivity index (χ4v) is 3.92. The van der Waals surface area contributed by atoms with Crippen LogP contribution in [0.3, 0.4) is 0 Å². The Morgan fingerprint density at radius 1 is 1.25 bits per heavy atom. The number of rotatable bonds is 7. The molecule has 0 aromatic heterocycles. The van der Waals surface area contributed by atoms with Crippen molar-refractivity contribution in [1.29, 1.82) is 0 Å². The van der Waals surface area contributed by atoms with E-state index >= 15 is 0 Å². The molecule has 1 aliphatic heterocycles.